The minimum Gasteiger partial charge on any atom is -0.258 e. The van der Waals surface area contributed by atoms with Crippen molar-refractivity contribution in [2.45, 2.75) is 6.92 Å². The first kappa shape index (κ1) is 15.8. The summed E-state index contributed by atoms with van der Waals surface area (Å²) in [5, 5.41) is 17.9. The molecule has 0 fully saturated rings. The number of thiazole rings is 1. The molecule has 3 rings (SSSR count). The molecule has 2 aromatic carbocycles. The van der Waals surface area contributed by atoms with Gasteiger partial charge in [-0.25, -0.2) is 4.98 Å². The number of rotatable bonds is 5. The summed E-state index contributed by atoms with van der Waals surface area (Å²) in [5.41, 5.74) is 5.80. The summed E-state index contributed by atoms with van der Waals surface area (Å²) in [6, 6.07) is 16.4. The van der Waals surface area contributed by atoms with Crippen molar-refractivity contribution in [2.75, 3.05) is 5.43 Å². The highest BCUT2D eigenvalue weighted by molar-refractivity contribution is 7.14. The molecule has 7 heteroatoms. The Kier molecular flexibility index (Phi) is 4.62. The lowest BCUT2D eigenvalue weighted by molar-refractivity contribution is -0.385. The van der Waals surface area contributed by atoms with Crippen molar-refractivity contribution >= 4 is 27.9 Å². The fraction of sp³-hybridized carbons (Fsp3) is 0.0588. The Morgan fingerprint density at radius 3 is 2.62 bits per heavy atom. The van der Waals surface area contributed by atoms with Crippen LogP contribution in [0.4, 0.5) is 10.8 Å². The molecule has 1 heterocycles. The predicted octanol–water partition coefficient (Wildman–Crippen LogP) is 4.55. The summed E-state index contributed by atoms with van der Waals surface area (Å²) < 4.78 is 0. The smallest absolute Gasteiger partial charge is 0.258 e. The number of benzene rings is 2. The second-order valence-electron chi connectivity index (χ2n) is 4.99. The average molecular weight is 338 g/mol. The highest BCUT2D eigenvalue weighted by Gasteiger charge is 2.14. The lowest BCUT2D eigenvalue weighted by Gasteiger charge is -2.02. The van der Waals surface area contributed by atoms with Crippen molar-refractivity contribution in [1.29, 1.82) is 0 Å². The van der Waals surface area contributed by atoms with E-state index in [-0.39, 0.29) is 5.69 Å². The molecule has 0 aliphatic heterocycles. The van der Waals surface area contributed by atoms with Crippen LogP contribution in [0.5, 0.6) is 0 Å². The third kappa shape index (κ3) is 3.47. The van der Waals surface area contributed by atoms with Crippen molar-refractivity contribution in [2.24, 2.45) is 5.10 Å². The fourth-order valence-electron chi connectivity index (χ4n) is 2.20. The number of hydrogen-bond donors (Lipinski definition) is 1. The molecule has 0 saturated carbocycles. The Hall–Kier alpha value is -3.06. The van der Waals surface area contributed by atoms with Crippen molar-refractivity contribution in [3.05, 3.63) is 75.7 Å². The van der Waals surface area contributed by atoms with E-state index in [1.165, 1.54) is 17.4 Å². The Bertz CT molecular complexity index is 890. The minimum atomic E-state index is -0.411. The zero-order valence-corrected chi connectivity index (χ0v) is 13.7. The largest absolute Gasteiger partial charge is 0.278 e. The number of nitro groups is 1. The zero-order chi connectivity index (χ0) is 16.9. The molecule has 0 aliphatic rings. The second kappa shape index (κ2) is 7.01. The molecule has 0 saturated heterocycles. The van der Waals surface area contributed by atoms with Crippen molar-refractivity contribution < 1.29 is 4.92 Å². The maximum atomic E-state index is 11.1. The van der Waals surface area contributed by atoms with Gasteiger partial charge in [0.25, 0.3) is 5.69 Å². The van der Waals surface area contributed by atoms with Crippen LogP contribution in [0, 0.1) is 10.1 Å². The number of nitrogens with one attached hydrogen (secondary N) is 1. The summed E-state index contributed by atoms with van der Waals surface area (Å²) in [6.07, 6.45) is 0. The van der Waals surface area contributed by atoms with Crippen LogP contribution in [0.3, 0.4) is 0 Å². The van der Waals surface area contributed by atoms with Gasteiger partial charge in [0.05, 0.1) is 21.9 Å². The third-order valence-electron chi connectivity index (χ3n) is 3.38. The number of hydrogen-bond acceptors (Lipinski definition) is 6. The molecule has 0 bridgehead atoms. The second-order valence-corrected chi connectivity index (χ2v) is 5.85. The maximum Gasteiger partial charge on any atom is 0.278 e. The van der Waals surface area contributed by atoms with E-state index in [1.54, 1.807) is 25.1 Å². The van der Waals surface area contributed by atoms with E-state index >= 15 is 0 Å². The van der Waals surface area contributed by atoms with Crippen LogP contribution in [0.25, 0.3) is 11.3 Å². The summed E-state index contributed by atoms with van der Waals surface area (Å²) in [7, 11) is 0. The van der Waals surface area contributed by atoms with Gasteiger partial charge in [-0.3, -0.25) is 15.5 Å². The van der Waals surface area contributed by atoms with Crippen LogP contribution in [-0.2, 0) is 0 Å². The van der Waals surface area contributed by atoms with Crippen LogP contribution in [0.1, 0.15) is 12.5 Å². The quantitative estimate of drug-likeness (QED) is 0.420. The van der Waals surface area contributed by atoms with E-state index in [9.17, 15) is 10.1 Å². The van der Waals surface area contributed by atoms with Crippen molar-refractivity contribution in [1.82, 2.24) is 4.98 Å². The Morgan fingerprint density at radius 1 is 1.17 bits per heavy atom. The first-order valence-electron chi connectivity index (χ1n) is 7.20. The molecule has 120 valence electrons. The highest BCUT2D eigenvalue weighted by Crippen LogP contribution is 2.25. The zero-order valence-electron chi connectivity index (χ0n) is 12.8. The Balaban J connectivity index is 1.79. The van der Waals surface area contributed by atoms with Gasteiger partial charge in [0.1, 0.15) is 0 Å². The van der Waals surface area contributed by atoms with Gasteiger partial charge < -0.3 is 0 Å². The number of aromatic nitrogens is 1. The van der Waals surface area contributed by atoms with Gasteiger partial charge in [-0.2, -0.15) is 5.10 Å². The Morgan fingerprint density at radius 2 is 1.88 bits per heavy atom. The normalized spacial score (nSPS) is 11.3. The summed E-state index contributed by atoms with van der Waals surface area (Å²) in [5.74, 6) is 0. The first-order valence-corrected chi connectivity index (χ1v) is 8.08. The van der Waals surface area contributed by atoms with Crippen molar-refractivity contribution in [3.63, 3.8) is 0 Å². The highest BCUT2D eigenvalue weighted by atomic mass is 32.1. The van der Waals surface area contributed by atoms with Crippen LogP contribution < -0.4 is 5.43 Å². The van der Waals surface area contributed by atoms with Gasteiger partial charge in [-0.1, -0.05) is 42.5 Å². The Labute approximate surface area is 142 Å². The van der Waals surface area contributed by atoms with E-state index in [0.29, 0.717) is 16.4 Å². The van der Waals surface area contributed by atoms with Crippen LogP contribution in [-0.4, -0.2) is 15.6 Å². The average Bonchev–Trinajstić information content (AvgIpc) is 3.09. The van der Waals surface area contributed by atoms with Crippen LogP contribution >= 0.6 is 11.3 Å². The minimum absolute atomic E-state index is 0.0321. The molecule has 6 nitrogen and oxygen atoms in total. The molecule has 0 spiro atoms. The molecular formula is C17H14N4O2S. The maximum absolute atomic E-state index is 11.1. The lowest BCUT2D eigenvalue weighted by atomic mass is 10.1. The van der Waals surface area contributed by atoms with E-state index < -0.39 is 4.92 Å². The topological polar surface area (TPSA) is 80.4 Å². The third-order valence-corrected chi connectivity index (χ3v) is 4.13. The first-order chi connectivity index (χ1) is 11.6. The van der Waals surface area contributed by atoms with E-state index in [4.69, 9.17) is 0 Å². The number of nitrogens with zero attached hydrogens (tertiary/aromatic N) is 3. The molecule has 3 aromatic rings. The van der Waals surface area contributed by atoms with Crippen LogP contribution in [0.2, 0.25) is 0 Å². The predicted molar refractivity (Wildman–Crippen MR) is 96.5 cm³/mol. The summed E-state index contributed by atoms with van der Waals surface area (Å²) >= 11 is 1.43. The molecule has 1 N–H and O–H groups in total. The van der Waals surface area contributed by atoms with Gasteiger partial charge in [-0.05, 0) is 13.0 Å². The molecule has 0 aliphatic carbocycles. The number of nitro benzene ring substituents is 1. The van der Waals surface area contributed by atoms with Crippen molar-refractivity contribution in [3.8, 4) is 11.3 Å². The van der Waals surface area contributed by atoms with Gasteiger partial charge in [-0.15, -0.1) is 11.3 Å². The molecular weight excluding hydrogens is 324 g/mol. The molecule has 1 aromatic heterocycles. The van der Waals surface area contributed by atoms with E-state index in [1.807, 2.05) is 35.7 Å². The molecule has 0 unspecified atom stereocenters. The molecule has 0 atom stereocenters. The SMILES string of the molecule is C/C(=N/Nc1nc(-c2ccccc2)cs1)c1ccccc1[N+](=O)[O-]. The van der Waals surface area contributed by atoms with E-state index in [0.717, 1.165) is 11.3 Å². The van der Waals surface area contributed by atoms with Gasteiger partial charge in [0.2, 0.25) is 5.13 Å². The summed E-state index contributed by atoms with van der Waals surface area (Å²) in [4.78, 5) is 15.1. The molecule has 0 amide bonds. The van der Waals surface area contributed by atoms with Gasteiger partial charge in [0.15, 0.2) is 0 Å². The number of hydrazone groups is 1. The number of para-hydroxylation sites is 1. The number of anilines is 1. The standard InChI is InChI=1S/C17H14N4O2S/c1-12(14-9-5-6-10-16(14)21(22)23)19-20-17-18-15(11-24-17)13-7-3-2-4-8-13/h2-11H,1H3,(H,18,20)/b19-12-. The van der Waals surface area contributed by atoms with Crippen LogP contribution in [0.15, 0.2) is 65.1 Å². The van der Waals surface area contributed by atoms with E-state index in [2.05, 4.69) is 15.5 Å². The molecule has 24 heavy (non-hydrogen) atoms. The van der Waals surface area contributed by atoms with Gasteiger partial charge in [0, 0.05) is 17.0 Å². The summed E-state index contributed by atoms with van der Waals surface area (Å²) in [6.45, 7) is 1.72. The monoisotopic (exact) mass is 338 g/mol. The van der Waals surface area contributed by atoms with Gasteiger partial charge >= 0.3 is 0 Å². The fourth-order valence-corrected chi connectivity index (χ4v) is 2.86. The molecule has 0 radical (unpaired) electrons. The lowest BCUT2D eigenvalue weighted by Crippen LogP contribution is -2.03.